The number of carbonyl (C=O) groups is 1. The fourth-order valence-electron chi connectivity index (χ4n) is 1.18. The van der Waals surface area contributed by atoms with Gasteiger partial charge in [-0.05, 0) is 6.92 Å². The first-order chi connectivity index (χ1) is 7.69. The summed E-state index contributed by atoms with van der Waals surface area (Å²) in [5.41, 5.74) is -0.187. The Kier molecular flexibility index (Phi) is 3.93. The number of hydrogen-bond donors (Lipinski definition) is 0. The second-order valence-corrected chi connectivity index (χ2v) is 2.95. The second kappa shape index (κ2) is 5.20. The number of nitrogens with zero attached hydrogens (tertiary/aromatic N) is 2. The minimum absolute atomic E-state index is 0.0594. The van der Waals surface area contributed by atoms with Crippen LogP contribution in [0.2, 0.25) is 0 Å². The molecule has 0 aliphatic rings. The Labute approximate surface area is 96.8 Å². The highest BCUT2D eigenvalue weighted by Crippen LogP contribution is 2.24. The molecule has 1 heterocycles. The molecule has 0 aliphatic carbocycles. The summed E-state index contributed by atoms with van der Waals surface area (Å²) in [6, 6.07) is 3.42. The van der Waals surface area contributed by atoms with Gasteiger partial charge in [-0.15, -0.1) is 11.6 Å². The molecule has 0 unspecified atom stereocenters. The molecule has 6 heteroatoms. The highest BCUT2D eigenvalue weighted by Gasteiger charge is 2.26. The van der Waals surface area contributed by atoms with Crippen LogP contribution in [-0.4, -0.2) is 12.6 Å². The summed E-state index contributed by atoms with van der Waals surface area (Å²) in [6.07, 6.45) is 0. The van der Waals surface area contributed by atoms with Crippen LogP contribution in [0, 0.1) is 22.7 Å². The van der Waals surface area contributed by atoms with Crippen LogP contribution in [0.25, 0.3) is 0 Å². The highest BCUT2D eigenvalue weighted by atomic mass is 35.5. The molecule has 1 aromatic rings. The van der Waals surface area contributed by atoms with Gasteiger partial charge in [0.05, 0.1) is 12.5 Å². The third kappa shape index (κ3) is 2.00. The predicted molar refractivity (Wildman–Crippen MR) is 53.7 cm³/mol. The molecule has 1 aromatic heterocycles. The first-order valence-electron chi connectivity index (χ1n) is 4.38. The molecule has 0 N–H and O–H groups in total. The Hall–Kier alpha value is -1.98. The van der Waals surface area contributed by atoms with Crippen molar-refractivity contribution in [3.63, 3.8) is 0 Å². The van der Waals surface area contributed by atoms with Gasteiger partial charge in [-0.3, -0.25) is 0 Å². The monoisotopic (exact) mass is 238 g/mol. The third-order valence-electron chi connectivity index (χ3n) is 1.80. The summed E-state index contributed by atoms with van der Waals surface area (Å²) in [4.78, 5) is 11.5. The van der Waals surface area contributed by atoms with Crippen molar-refractivity contribution in [1.82, 2.24) is 0 Å². The molecule has 82 valence electrons. The minimum Gasteiger partial charge on any atom is -0.462 e. The number of ether oxygens (including phenoxy) is 1. The van der Waals surface area contributed by atoms with E-state index in [1.165, 1.54) is 0 Å². The van der Waals surface area contributed by atoms with Gasteiger partial charge in [-0.2, -0.15) is 10.5 Å². The van der Waals surface area contributed by atoms with Crippen molar-refractivity contribution in [3.05, 3.63) is 22.6 Å². The molecule has 1 rings (SSSR count). The van der Waals surface area contributed by atoms with Crippen molar-refractivity contribution in [2.75, 3.05) is 6.61 Å². The van der Waals surface area contributed by atoms with Crippen LogP contribution in [0.4, 0.5) is 0 Å². The number of halogens is 1. The van der Waals surface area contributed by atoms with Crippen molar-refractivity contribution in [1.29, 1.82) is 10.5 Å². The van der Waals surface area contributed by atoms with E-state index in [0.717, 1.165) is 0 Å². The van der Waals surface area contributed by atoms with E-state index in [4.69, 9.17) is 31.3 Å². The summed E-state index contributed by atoms with van der Waals surface area (Å²) >= 11 is 5.56. The van der Waals surface area contributed by atoms with E-state index in [9.17, 15) is 4.79 Å². The van der Waals surface area contributed by atoms with Gasteiger partial charge in [-0.1, -0.05) is 0 Å². The second-order valence-electron chi connectivity index (χ2n) is 2.68. The van der Waals surface area contributed by atoms with Crippen molar-refractivity contribution in [2.24, 2.45) is 0 Å². The molecule has 0 radical (unpaired) electrons. The number of alkyl halides is 1. The summed E-state index contributed by atoms with van der Waals surface area (Å²) in [5, 5.41) is 17.5. The zero-order valence-electron chi connectivity index (χ0n) is 8.41. The van der Waals surface area contributed by atoms with E-state index in [-0.39, 0.29) is 35.1 Å². The molecular formula is C10H7ClN2O3. The Morgan fingerprint density at radius 3 is 2.62 bits per heavy atom. The standard InChI is InChI=1S/C10H7ClN2O3/c1-2-15-10(14)9-6(4-12)8(5-13)16-7(9)3-11/h2-3H2,1H3. The van der Waals surface area contributed by atoms with E-state index >= 15 is 0 Å². The number of furan rings is 1. The fraction of sp³-hybridized carbons (Fsp3) is 0.300. The smallest absolute Gasteiger partial charge is 0.343 e. The normalized spacial score (nSPS) is 9.25. The van der Waals surface area contributed by atoms with E-state index in [1.54, 1.807) is 19.1 Å². The molecule has 5 nitrogen and oxygen atoms in total. The van der Waals surface area contributed by atoms with Crippen LogP contribution < -0.4 is 0 Å². The number of hydrogen-bond acceptors (Lipinski definition) is 5. The van der Waals surface area contributed by atoms with E-state index in [0.29, 0.717) is 0 Å². The predicted octanol–water partition coefficient (Wildman–Crippen LogP) is 1.94. The minimum atomic E-state index is -0.708. The van der Waals surface area contributed by atoms with Gasteiger partial charge in [0.25, 0.3) is 0 Å². The molecule has 0 saturated carbocycles. The van der Waals surface area contributed by atoms with Gasteiger partial charge in [0.1, 0.15) is 29.0 Å². The van der Waals surface area contributed by atoms with E-state index in [1.807, 2.05) is 0 Å². The Bertz CT molecular complexity index is 493. The molecule has 0 spiro atoms. The molecule has 16 heavy (non-hydrogen) atoms. The molecule has 0 amide bonds. The SMILES string of the molecule is CCOC(=O)c1c(CCl)oc(C#N)c1C#N. The zero-order chi connectivity index (χ0) is 12.1. The van der Waals surface area contributed by atoms with Crippen molar-refractivity contribution in [3.8, 4) is 12.1 Å². The number of nitriles is 2. The molecule has 0 bridgehead atoms. The lowest BCUT2D eigenvalue weighted by Gasteiger charge is -2.00. The largest absolute Gasteiger partial charge is 0.462 e. The van der Waals surface area contributed by atoms with E-state index < -0.39 is 5.97 Å². The molecular weight excluding hydrogens is 232 g/mol. The first kappa shape index (κ1) is 12.1. The maximum Gasteiger partial charge on any atom is 0.343 e. The average molecular weight is 239 g/mol. The summed E-state index contributed by atoms with van der Waals surface area (Å²) < 4.78 is 9.74. The molecule has 0 fully saturated rings. The molecule has 0 atom stereocenters. The van der Waals surface area contributed by atoms with Crippen LogP contribution in [0.5, 0.6) is 0 Å². The van der Waals surface area contributed by atoms with Crippen molar-refractivity contribution in [2.45, 2.75) is 12.8 Å². The highest BCUT2D eigenvalue weighted by molar-refractivity contribution is 6.17. The quantitative estimate of drug-likeness (QED) is 0.593. The summed E-state index contributed by atoms with van der Waals surface area (Å²) in [6.45, 7) is 1.80. The van der Waals surface area contributed by atoms with Gasteiger partial charge in [0.15, 0.2) is 0 Å². The van der Waals surface area contributed by atoms with Crippen molar-refractivity contribution >= 4 is 17.6 Å². The van der Waals surface area contributed by atoms with Gasteiger partial charge >= 0.3 is 5.97 Å². The maximum atomic E-state index is 11.5. The molecule has 0 aliphatic heterocycles. The van der Waals surface area contributed by atoms with Gasteiger partial charge in [0, 0.05) is 0 Å². The lowest BCUT2D eigenvalue weighted by atomic mass is 10.1. The Balaban J connectivity index is 3.36. The van der Waals surface area contributed by atoms with Crippen LogP contribution in [0.1, 0.15) is 34.4 Å². The van der Waals surface area contributed by atoms with Crippen molar-refractivity contribution < 1.29 is 13.9 Å². The average Bonchev–Trinajstić information content (AvgIpc) is 2.66. The van der Waals surface area contributed by atoms with Crippen LogP contribution >= 0.6 is 11.6 Å². The van der Waals surface area contributed by atoms with Crippen LogP contribution in [0.3, 0.4) is 0 Å². The topological polar surface area (TPSA) is 87.0 Å². The first-order valence-corrected chi connectivity index (χ1v) is 4.91. The van der Waals surface area contributed by atoms with E-state index in [2.05, 4.69) is 0 Å². The van der Waals surface area contributed by atoms with Gasteiger partial charge < -0.3 is 9.15 Å². The fourth-order valence-corrected chi connectivity index (χ4v) is 1.37. The number of rotatable bonds is 3. The molecule has 0 aromatic carbocycles. The number of carbonyl (C=O) groups excluding carboxylic acids is 1. The Morgan fingerprint density at radius 1 is 1.50 bits per heavy atom. The lowest BCUT2D eigenvalue weighted by Crippen LogP contribution is -2.07. The Morgan fingerprint density at radius 2 is 2.19 bits per heavy atom. The van der Waals surface area contributed by atoms with Crippen LogP contribution in [0.15, 0.2) is 4.42 Å². The summed E-state index contributed by atoms with van der Waals surface area (Å²) in [5.74, 6) is -0.959. The maximum absolute atomic E-state index is 11.5. The van der Waals surface area contributed by atoms with Crippen LogP contribution in [-0.2, 0) is 10.6 Å². The summed E-state index contributed by atoms with van der Waals surface area (Å²) in [7, 11) is 0. The molecule has 0 saturated heterocycles. The lowest BCUT2D eigenvalue weighted by molar-refractivity contribution is 0.0524. The third-order valence-corrected chi connectivity index (χ3v) is 2.04. The van der Waals surface area contributed by atoms with Gasteiger partial charge in [-0.25, -0.2) is 4.79 Å². The zero-order valence-corrected chi connectivity index (χ0v) is 9.17. The van der Waals surface area contributed by atoms with Gasteiger partial charge in [0.2, 0.25) is 5.76 Å². The number of esters is 1.